The van der Waals surface area contributed by atoms with Crippen molar-refractivity contribution in [1.29, 1.82) is 0 Å². The fraction of sp³-hybridized carbons (Fsp3) is 0.115. The van der Waals surface area contributed by atoms with Gasteiger partial charge in [-0.05, 0) is 55.8 Å². The summed E-state index contributed by atoms with van der Waals surface area (Å²) in [5.41, 5.74) is 2.49. The van der Waals surface area contributed by atoms with Gasteiger partial charge in [0.25, 0.3) is 5.69 Å². The molecule has 1 heterocycles. The standard InChI is InChI=1S/C26H20N2O7/c1-15-6-4-7-18(12-15)25(29)34-22-11-10-17(14-23(22)33-3)13-20-26(30)35-24(27-20)19-8-5-9-21(16(19)2)28(31)32/h4-14H,1-3H3/b20-13-. The molecule has 0 unspecified atom stereocenters. The van der Waals surface area contributed by atoms with Crippen molar-refractivity contribution >= 4 is 29.6 Å². The van der Waals surface area contributed by atoms with Gasteiger partial charge in [-0.25, -0.2) is 14.6 Å². The molecule has 0 saturated carbocycles. The summed E-state index contributed by atoms with van der Waals surface area (Å²) in [5.74, 6) is -0.742. The predicted molar refractivity (Wildman–Crippen MR) is 128 cm³/mol. The number of methoxy groups -OCH3 is 1. The van der Waals surface area contributed by atoms with Gasteiger partial charge in [0.2, 0.25) is 5.90 Å². The molecule has 0 saturated heterocycles. The summed E-state index contributed by atoms with van der Waals surface area (Å²) >= 11 is 0. The summed E-state index contributed by atoms with van der Waals surface area (Å²) in [6.45, 7) is 3.44. The molecule has 0 N–H and O–H groups in total. The molecule has 0 aliphatic carbocycles. The molecule has 0 atom stereocenters. The van der Waals surface area contributed by atoms with E-state index in [1.54, 1.807) is 49.4 Å². The molecule has 1 aliphatic rings. The number of ether oxygens (including phenoxy) is 3. The molecule has 0 bridgehead atoms. The minimum Gasteiger partial charge on any atom is -0.493 e. The first-order valence-electron chi connectivity index (χ1n) is 10.5. The summed E-state index contributed by atoms with van der Waals surface area (Å²) in [6, 6.07) is 16.3. The molecule has 0 fully saturated rings. The largest absolute Gasteiger partial charge is 0.493 e. The third-order valence-electron chi connectivity index (χ3n) is 5.30. The second kappa shape index (κ2) is 9.60. The van der Waals surface area contributed by atoms with E-state index in [-0.39, 0.29) is 28.8 Å². The van der Waals surface area contributed by atoms with E-state index in [0.717, 1.165) is 5.56 Å². The minimum absolute atomic E-state index is 0.0115. The number of hydrogen-bond acceptors (Lipinski definition) is 8. The van der Waals surface area contributed by atoms with Gasteiger partial charge in [0.1, 0.15) is 0 Å². The maximum absolute atomic E-state index is 12.5. The third-order valence-corrected chi connectivity index (χ3v) is 5.30. The van der Waals surface area contributed by atoms with Crippen molar-refractivity contribution in [1.82, 2.24) is 0 Å². The second-order valence-electron chi connectivity index (χ2n) is 7.71. The molecule has 3 aromatic carbocycles. The van der Waals surface area contributed by atoms with Crippen LogP contribution in [0.1, 0.15) is 32.6 Å². The van der Waals surface area contributed by atoms with Crippen molar-refractivity contribution in [2.75, 3.05) is 7.11 Å². The smallest absolute Gasteiger partial charge is 0.363 e. The van der Waals surface area contributed by atoms with E-state index in [2.05, 4.69) is 4.99 Å². The summed E-state index contributed by atoms with van der Waals surface area (Å²) < 4.78 is 16.1. The Morgan fingerprint density at radius 2 is 1.83 bits per heavy atom. The summed E-state index contributed by atoms with van der Waals surface area (Å²) in [6.07, 6.45) is 1.48. The predicted octanol–water partition coefficient (Wildman–Crippen LogP) is 4.78. The quantitative estimate of drug-likeness (QED) is 0.166. The first-order valence-corrected chi connectivity index (χ1v) is 10.5. The molecule has 4 rings (SSSR count). The molecular weight excluding hydrogens is 452 g/mol. The van der Waals surface area contributed by atoms with Crippen LogP contribution in [0.2, 0.25) is 0 Å². The van der Waals surface area contributed by atoms with Crippen molar-refractivity contribution < 1.29 is 28.7 Å². The Hall–Kier alpha value is -4.79. The van der Waals surface area contributed by atoms with Crippen molar-refractivity contribution in [3.63, 3.8) is 0 Å². The van der Waals surface area contributed by atoms with Crippen molar-refractivity contribution in [2.24, 2.45) is 4.99 Å². The van der Waals surface area contributed by atoms with Gasteiger partial charge >= 0.3 is 11.9 Å². The highest BCUT2D eigenvalue weighted by molar-refractivity contribution is 6.13. The van der Waals surface area contributed by atoms with Gasteiger partial charge in [0.05, 0.1) is 17.6 Å². The van der Waals surface area contributed by atoms with Crippen molar-refractivity contribution in [2.45, 2.75) is 13.8 Å². The lowest BCUT2D eigenvalue weighted by Gasteiger charge is -2.10. The zero-order chi connectivity index (χ0) is 25.1. The van der Waals surface area contributed by atoms with Gasteiger partial charge in [-0.3, -0.25) is 10.1 Å². The number of carbonyl (C=O) groups is 2. The maximum Gasteiger partial charge on any atom is 0.363 e. The van der Waals surface area contributed by atoms with E-state index in [4.69, 9.17) is 14.2 Å². The maximum atomic E-state index is 12.5. The van der Waals surface area contributed by atoms with Gasteiger partial charge in [0, 0.05) is 17.2 Å². The van der Waals surface area contributed by atoms with Gasteiger partial charge in [-0.2, -0.15) is 0 Å². The first-order chi connectivity index (χ1) is 16.8. The number of aliphatic imine (C=N–C) groups is 1. The van der Waals surface area contributed by atoms with Crippen LogP contribution in [0.25, 0.3) is 6.08 Å². The van der Waals surface area contributed by atoms with E-state index in [0.29, 0.717) is 22.3 Å². The fourth-order valence-electron chi connectivity index (χ4n) is 3.52. The van der Waals surface area contributed by atoms with Crippen LogP contribution in [-0.2, 0) is 9.53 Å². The highest BCUT2D eigenvalue weighted by Crippen LogP contribution is 2.31. The normalized spacial score (nSPS) is 13.9. The lowest BCUT2D eigenvalue weighted by Crippen LogP contribution is -2.09. The van der Waals surface area contributed by atoms with Crippen LogP contribution in [0.5, 0.6) is 11.5 Å². The highest BCUT2D eigenvalue weighted by Gasteiger charge is 2.27. The van der Waals surface area contributed by atoms with Crippen LogP contribution < -0.4 is 9.47 Å². The number of carbonyl (C=O) groups excluding carboxylic acids is 2. The van der Waals surface area contributed by atoms with E-state index in [9.17, 15) is 19.7 Å². The highest BCUT2D eigenvalue weighted by atomic mass is 16.6. The van der Waals surface area contributed by atoms with Crippen LogP contribution in [0.15, 0.2) is 71.4 Å². The van der Waals surface area contributed by atoms with Crippen molar-refractivity contribution in [3.8, 4) is 11.5 Å². The molecule has 1 aliphatic heterocycles. The van der Waals surface area contributed by atoms with Crippen LogP contribution in [0, 0.1) is 24.0 Å². The summed E-state index contributed by atoms with van der Waals surface area (Å²) in [5, 5.41) is 11.2. The first kappa shape index (κ1) is 23.4. The van der Waals surface area contributed by atoms with E-state index < -0.39 is 16.9 Å². The third kappa shape index (κ3) is 4.93. The fourth-order valence-corrected chi connectivity index (χ4v) is 3.52. The molecule has 0 amide bonds. The number of cyclic esters (lactones) is 1. The Morgan fingerprint density at radius 3 is 2.54 bits per heavy atom. The van der Waals surface area contributed by atoms with Crippen LogP contribution in [-0.4, -0.2) is 29.9 Å². The monoisotopic (exact) mass is 472 g/mol. The lowest BCUT2D eigenvalue weighted by atomic mass is 10.1. The van der Waals surface area contributed by atoms with E-state index in [1.165, 1.54) is 25.3 Å². The molecular formula is C26H20N2O7. The van der Waals surface area contributed by atoms with Crippen LogP contribution in [0.4, 0.5) is 5.69 Å². The van der Waals surface area contributed by atoms with Gasteiger partial charge in [-0.15, -0.1) is 0 Å². The van der Waals surface area contributed by atoms with Gasteiger partial charge in [0.15, 0.2) is 17.2 Å². The Balaban J connectivity index is 1.60. The summed E-state index contributed by atoms with van der Waals surface area (Å²) in [4.78, 5) is 39.8. The SMILES string of the molecule is COc1cc(/C=C2\N=C(c3cccc([N+](=O)[O-])c3C)OC2=O)ccc1OC(=O)c1cccc(C)c1. The Morgan fingerprint density at radius 1 is 1.06 bits per heavy atom. The number of esters is 2. The van der Waals surface area contributed by atoms with Crippen LogP contribution in [0.3, 0.4) is 0 Å². The lowest BCUT2D eigenvalue weighted by molar-refractivity contribution is -0.385. The van der Waals surface area contributed by atoms with E-state index in [1.807, 2.05) is 13.0 Å². The van der Waals surface area contributed by atoms with Crippen LogP contribution >= 0.6 is 0 Å². The minimum atomic E-state index is -0.695. The topological polar surface area (TPSA) is 117 Å². The number of rotatable bonds is 6. The Kier molecular flexibility index (Phi) is 6.41. The summed E-state index contributed by atoms with van der Waals surface area (Å²) in [7, 11) is 1.43. The van der Waals surface area contributed by atoms with E-state index >= 15 is 0 Å². The molecule has 9 nitrogen and oxygen atoms in total. The molecule has 176 valence electrons. The number of hydrogen-bond donors (Lipinski definition) is 0. The number of benzene rings is 3. The number of nitro groups is 1. The second-order valence-corrected chi connectivity index (χ2v) is 7.71. The Labute approximate surface area is 200 Å². The van der Waals surface area contributed by atoms with Gasteiger partial charge in [-0.1, -0.05) is 29.8 Å². The molecule has 0 spiro atoms. The zero-order valence-corrected chi connectivity index (χ0v) is 19.1. The molecule has 3 aromatic rings. The number of nitrogens with zero attached hydrogens (tertiary/aromatic N) is 2. The number of aryl methyl sites for hydroxylation is 1. The Bertz CT molecular complexity index is 1420. The molecule has 0 aromatic heterocycles. The van der Waals surface area contributed by atoms with Gasteiger partial charge < -0.3 is 14.2 Å². The molecule has 9 heteroatoms. The van der Waals surface area contributed by atoms with Crippen molar-refractivity contribution in [3.05, 3.63) is 104 Å². The number of nitro benzene ring substituents is 1. The average Bonchev–Trinajstić information content (AvgIpc) is 3.19. The average molecular weight is 472 g/mol. The molecule has 35 heavy (non-hydrogen) atoms. The molecule has 0 radical (unpaired) electrons. The zero-order valence-electron chi connectivity index (χ0n) is 19.1.